The molecule has 5 nitrogen and oxygen atoms in total. The van der Waals surface area contributed by atoms with E-state index in [1.165, 1.54) is 19.1 Å². The van der Waals surface area contributed by atoms with Crippen LogP contribution in [0.5, 0.6) is 0 Å². The monoisotopic (exact) mass is 296 g/mol. The molecule has 0 atom stereocenters. The highest BCUT2D eigenvalue weighted by Crippen LogP contribution is 2.33. The fourth-order valence-corrected chi connectivity index (χ4v) is 2.56. The zero-order chi connectivity index (χ0) is 15.7. The normalized spacial score (nSPS) is 12.7. The van der Waals surface area contributed by atoms with E-state index in [1.807, 2.05) is 0 Å². The molecule has 0 fully saturated rings. The van der Waals surface area contributed by atoms with Crippen LogP contribution in [0.4, 0.5) is 10.2 Å². The fraction of sp³-hybridized carbons (Fsp3) is 0.188. The molecular weight excluding hydrogens is 283 g/mol. The Kier molecular flexibility index (Phi) is 3.47. The number of hydrogen-bond acceptors (Lipinski definition) is 4. The molecule has 1 amide bonds. The standard InChI is InChI=1S/C16H13FN4O/c1-10(22)19-16-6-13(11-2-4-12(17)5-3-11)14-7-21(9-18)8-15(14)20-16/h2-6H,7-8H2,1H3,(H,19,20,22). The highest BCUT2D eigenvalue weighted by molar-refractivity contribution is 5.88. The predicted octanol–water partition coefficient (Wildman–Crippen LogP) is 2.64. The van der Waals surface area contributed by atoms with E-state index in [9.17, 15) is 9.18 Å². The Morgan fingerprint density at radius 3 is 2.73 bits per heavy atom. The lowest BCUT2D eigenvalue weighted by Crippen LogP contribution is -2.09. The average molecular weight is 296 g/mol. The summed E-state index contributed by atoms with van der Waals surface area (Å²) < 4.78 is 13.1. The van der Waals surface area contributed by atoms with Crippen molar-refractivity contribution >= 4 is 11.7 Å². The number of benzene rings is 1. The van der Waals surface area contributed by atoms with Gasteiger partial charge >= 0.3 is 0 Å². The van der Waals surface area contributed by atoms with Crippen molar-refractivity contribution in [2.45, 2.75) is 20.0 Å². The molecule has 110 valence electrons. The van der Waals surface area contributed by atoms with Crippen LogP contribution in [-0.4, -0.2) is 15.8 Å². The number of aromatic nitrogens is 1. The van der Waals surface area contributed by atoms with Gasteiger partial charge in [0.05, 0.1) is 18.8 Å². The molecular formula is C16H13FN4O. The summed E-state index contributed by atoms with van der Waals surface area (Å²) in [7, 11) is 0. The number of nitrogens with one attached hydrogen (secondary N) is 1. The van der Waals surface area contributed by atoms with Crippen molar-refractivity contribution in [1.82, 2.24) is 9.88 Å². The minimum atomic E-state index is -0.310. The average Bonchev–Trinajstić information content (AvgIpc) is 2.89. The number of fused-ring (bicyclic) bond motifs is 1. The number of carbonyl (C=O) groups excluding carboxylic acids is 1. The largest absolute Gasteiger partial charge is 0.311 e. The summed E-state index contributed by atoms with van der Waals surface area (Å²) in [5, 5.41) is 11.7. The molecule has 2 heterocycles. The Balaban J connectivity index is 2.11. The lowest BCUT2D eigenvalue weighted by molar-refractivity contribution is -0.114. The van der Waals surface area contributed by atoms with Crippen LogP contribution in [0.25, 0.3) is 11.1 Å². The Morgan fingerprint density at radius 2 is 2.09 bits per heavy atom. The minimum Gasteiger partial charge on any atom is -0.311 e. The van der Waals surface area contributed by atoms with E-state index < -0.39 is 0 Å². The number of anilines is 1. The van der Waals surface area contributed by atoms with Gasteiger partial charge in [-0.05, 0) is 29.3 Å². The van der Waals surface area contributed by atoms with E-state index in [2.05, 4.69) is 16.5 Å². The number of nitrogens with zero attached hydrogens (tertiary/aromatic N) is 3. The lowest BCUT2D eigenvalue weighted by Gasteiger charge is -2.11. The molecule has 1 aliphatic heterocycles. The SMILES string of the molecule is CC(=O)Nc1cc(-c2ccc(F)cc2)c2c(n1)CN(C#N)C2. The second kappa shape index (κ2) is 5.45. The van der Waals surface area contributed by atoms with Crippen molar-refractivity contribution in [3.05, 3.63) is 47.4 Å². The van der Waals surface area contributed by atoms with Gasteiger partial charge < -0.3 is 10.2 Å². The first kappa shape index (κ1) is 14.0. The summed E-state index contributed by atoms with van der Waals surface area (Å²) in [6.07, 6.45) is 2.10. The molecule has 22 heavy (non-hydrogen) atoms. The third kappa shape index (κ3) is 2.61. The van der Waals surface area contributed by atoms with Crippen molar-refractivity contribution in [2.75, 3.05) is 5.32 Å². The van der Waals surface area contributed by atoms with Crippen LogP contribution in [0.3, 0.4) is 0 Å². The molecule has 0 radical (unpaired) electrons. The molecule has 3 rings (SSSR count). The number of carbonyl (C=O) groups is 1. The van der Waals surface area contributed by atoms with E-state index in [-0.39, 0.29) is 11.7 Å². The number of rotatable bonds is 2. The van der Waals surface area contributed by atoms with Crippen LogP contribution in [0.1, 0.15) is 18.2 Å². The predicted molar refractivity (Wildman–Crippen MR) is 78.8 cm³/mol. The molecule has 1 aliphatic rings. The van der Waals surface area contributed by atoms with Crippen LogP contribution in [0.2, 0.25) is 0 Å². The van der Waals surface area contributed by atoms with E-state index in [1.54, 1.807) is 23.1 Å². The molecule has 0 unspecified atom stereocenters. The van der Waals surface area contributed by atoms with Gasteiger partial charge in [-0.3, -0.25) is 4.79 Å². The maximum Gasteiger partial charge on any atom is 0.222 e. The summed E-state index contributed by atoms with van der Waals surface area (Å²) >= 11 is 0. The van der Waals surface area contributed by atoms with Gasteiger partial charge in [0.15, 0.2) is 6.19 Å². The Bertz CT molecular complexity index is 780. The molecule has 0 saturated carbocycles. The third-order valence-corrected chi connectivity index (χ3v) is 3.50. The van der Waals surface area contributed by atoms with Crippen LogP contribution in [-0.2, 0) is 17.9 Å². The summed E-state index contributed by atoms with van der Waals surface area (Å²) in [5.41, 5.74) is 3.37. The fourth-order valence-electron chi connectivity index (χ4n) is 2.56. The first-order valence-corrected chi connectivity index (χ1v) is 6.78. The summed E-state index contributed by atoms with van der Waals surface area (Å²) in [5.74, 6) is -0.0896. The Morgan fingerprint density at radius 1 is 1.36 bits per heavy atom. The maximum atomic E-state index is 13.1. The molecule has 0 saturated heterocycles. The smallest absolute Gasteiger partial charge is 0.222 e. The van der Waals surface area contributed by atoms with E-state index >= 15 is 0 Å². The summed E-state index contributed by atoms with van der Waals surface area (Å²) in [4.78, 5) is 17.2. The van der Waals surface area contributed by atoms with E-state index in [0.717, 1.165) is 22.4 Å². The van der Waals surface area contributed by atoms with E-state index in [4.69, 9.17) is 5.26 Å². The number of halogens is 1. The maximum absolute atomic E-state index is 13.1. The second-order valence-electron chi connectivity index (χ2n) is 5.12. The Hall–Kier alpha value is -2.94. The molecule has 1 aromatic carbocycles. The van der Waals surface area contributed by atoms with Gasteiger partial charge in [-0.1, -0.05) is 12.1 Å². The van der Waals surface area contributed by atoms with Crippen molar-refractivity contribution in [3.63, 3.8) is 0 Å². The summed E-state index contributed by atoms with van der Waals surface area (Å²) in [6.45, 7) is 2.29. The van der Waals surface area contributed by atoms with Crippen LogP contribution in [0.15, 0.2) is 30.3 Å². The van der Waals surface area contributed by atoms with E-state index in [0.29, 0.717) is 18.9 Å². The highest BCUT2D eigenvalue weighted by atomic mass is 19.1. The number of nitriles is 1. The van der Waals surface area contributed by atoms with Gasteiger partial charge in [0.25, 0.3) is 0 Å². The van der Waals surface area contributed by atoms with Gasteiger partial charge in [0.2, 0.25) is 5.91 Å². The van der Waals surface area contributed by atoms with Crippen LogP contribution < -0.4 is 5.32 Å². The van der Waals surface area contributed by atoms with Gasteiger partial charge in [0.1, 0.15) is 11.6 Å². The lowest BCUT2D eigenvalue weighted by atomic mass is 10.00. The first-order chi connectivity index (χ1) is 10.6. The number of hydrogen-bond donors (Lipinski definition) is 1. The zero-order valence-corrected chi connectivity index (χ0v) is 11.9. The minimum absolute atomic E-state index is 0.215. The quantitative estimate of drug-likeness (QED) is 0.865. The number of pyridine rings is 1. The Labute approximate surface area is 127 Å². The number of amides is 1. The first-order valence-electron chi connectivity index (χ1n) is 6.78. The second-order valence-corrected chi connectivity index (χ2v) is 5.12. The van der Waals surface area contributed by atoms with Gasteiger partial charge in [-0.15, -0.1) is 0 Å². The van der Waals surface area contributed by atoms with Crippen LogP contribution in [0, 0.1) is 17.3 Å². The molecule has 1 aromatic heterocycles. The van der Waals surface area contributed by atoms with Gasteiger partial charge in [-0.2, -0.15) is 5.26 Å². The highest BCUT2D eigenvalue weighted by Gasteiger charge is 2.24. The van der Waals surface area contributed by atoms with Gasteiger partial charge in [0, 0.05) is 12.5 Å². The van der Waals surface area contributed by atoms with Crippen molar-refractivity contribution < 1.29 is 9.18 Å². The third-order valence-electron chi connectivity index (χ3n) is 3.50. The van der Waals surface area contributed by atoms with Gasteiger partial charge in [-0.25, -0.2) is 9.37 Å². The molecule has 0 aliphatic carbocycles. The van der Waals surface area contributed by atoms with Crippen LogP contribution >= 0.6 is 0 Å². The zero-order valence-electron chi connectivity index (χ0n) is 11.9. The van der Waals surface area contributed by atoms with Crippen molar-refractivity contribution in [1.29, 1.82) is 5.26 Å². The topological polar surface area (TPSA) is 69.0 Å². The molecule has 1 N–H and O–H groups in total. The van der Waals surface area contributed by atoms with Crippen molar-refractivity contribution in [3.8, 4) is 17.3 Å². The molecule has 2 aromatic rings. The molecule has 0 spiro atoms. The van der Waals surface area contributed by atoms with Crippen molar-refractivity contribution in [2.24, 2.45) is 0 Å². The molecule has 6 heteroatoms. The molecule has 0 bridgehead atoms. The summed E-state index contributed by atoms with van der Waals surface area (Å²) in [6, 6.07) is 7.89.